The molecule has 0 unspecified atom stereocenters. The molecule has 0 fully saturated rings. The summed E-state index contributed by atoms with van der Waals surface area (Å²) >= 11 is 1.30. The zero-order valence-electron chi connectivity index (χ0n) is 16.4. The van der Waals surface area contributed by atoms with Crippen LogP contribution in [0.25, 0.3) is 0 Å². The quantitative estimate of drug-likeness (QED) is 0.538. The molecule has 1 N–H and O–H groups in total. The van der Waals surface area contributed by atoms with Crippen LogP contribution in [0.5, 0.6) is 17.2 Å². The predicted octanol–water partition coefficient (Wildman–Crippen LogP) is 3.14. The average Bonchev–Trinajstić information content (AvgIpc) is 3.10. The lowest BCUT2D eigenvalue weighted by Crippen LogP contribution is -2.14. The summed E-state index contributed by atoms with van der Waals surface area (Å²) in [4.78, 5) is 12.2. The first kappa shape index (κ1) is 20.5. The maximum atomic E-state index is 12.2. The largest absolute Gasteiger partial charge is 0.497 e. The van der Waals surface area contributed by atoms with Crippen LogP contribution in [0.15, 0.2) is 53.7 Å². The Labute approximate surface area is 173 Å². The number of nitrogens with zero attached hydrogens (tertiary/aromatic N) is 3. The number of rotatable bonds is 9. The summed E-state index contributed by atoms with van der Waals surface area (Å²) in [5.41, 5.74) is 0.681. The van der Waals surface area contributed by atoms with E-state index >= 15 is 0 Å². The summed E-state index contributed by atoms with van der Waals surface area (Å²) in [7, 11) is 5.03. The van der Waals surface area contributed by atoms with Gasteiger partial charge in [0.25, 0.3) is 0 Å². The highest BCUT2D eigenvalue weighted by Gasteiger charge is 2.12. The van der Waals surface area contributed by atoms with Crippen LogP contribution in [-0.4, -0.2) is 40.6 Å². The van der Waals surface area contributed by atoms with Crippen LogP contribution in [0.3, 0.4) is 0 Å². The molecule has 1 amide bonds. The van der Waals surface area contributed by atoms with E-state index in [1.54, 1.807) is 32.4 Å². The summed E-state index contributed by atoms with van der Waals surface area (Å²) < 4.78 is 17.9. The number of aromatic nitrogens is 3. The number of thioether (sulfide) groups is 1. The van der Waals surface area contributed by atoms with Crippen LogP contribution in [0.2, 0.25) is 0 Å². The van der Waals surface area contributed by atoms with E-state index < -0.39 is 0 Å². The molecule has 0 spiro atoms. The second-order valence-electron chi connectivity index (χ2n) is 5.99. The van der Waals surface area contributed by atoms with Gasteiger partial charge in [-0.3, -0.25) is 4.79 Å². The van der Waals surface area contributed by atoms with E-state index in [-0.39, 0.29) is 18.3 Å². The second kappa shape index (κ2) is 9.83. The number of anilines is 1. The lowest BCUT2D eigenvalue weighted by Gasteiger charge is -2.08. The van der Waals surface area contributed by atoms with E-state index in [9.17, 15) is 4.79 Å². The van der Waals surface area contributed by atoms with Crippen LogP contribution in [0.4, 0.5) is 5.69 Å². The van der Waals surface area contributed by atoms with Crippen molar-refractivity contribution in [2.75, 3.05) is 25.3 Å². The van der Waals surface area contributed by atoms with E-state index in [1.807, 2.05) is 41.9 Å². The number of hydrogen-bond acceptors (Lipinski definition) is 7. The van der Waals surface area contributed by atoms with Gasteiger partial charge in [-0.25, -0.2) is 0 Å². The zero-order valence-corrected chi connectivity index (χ0v) is 17.2. The van der Waals surface area contributed by atoms with Gasteiger partial charge in [0.1, 0.15) is 23.9 Å². The fourth-order valence-electron chi connectivity index (χ4n) is 2.46. The van der Waals surface area contributed by atoms with Gasteiger partial charge in [-0.2, -0.15) is 0 Å². The third-order valence-corrected chi connectivity index (χ3v) is 5.04. The number of methoxy groups -OCH3 is 2. The molecule has 0 aliphatic rings. The van der Waals surface area contributed by atoms with E-state index in [1.165, 1.54) is 11.8 Å². The van der Waals surface area contributed by atoms with Crippen molar-refractivity contribution >= 4 is 23.4 Å². The van der Waals surface area contributed by atoms with Gasteiger partial charge in [-0.05, 0) is 24.3 Å². The Morgan fingerprint density at radius 3 is 2.48 bits per heavy atom. The molecule has 3 aromatic rings. The molecule has 0 radical (unpaired) electrons. The molecule has 0 aliphatic carbocycles. The number of hydrogen-bond donors (Lipinski definition) is 1. The van der Waals surface area contributed by atoms with E-state index in [0.717, 1.165) is 5.75 Å². The van der Waals surface area contributed by atoms with Gasteiger partial charge >= 0.3 is 0 Å². The van der Waals surface area contributed by atoms with Crippen LogP contribution in [0.1, 0.15) is 5.82 Å². The smallest absolute Gasteiger partial charge is 0.234 e. The Kier molecular flexibility index (Phi) is 6.96. The van der Waals surface area contributed by atoms with Crippen molar-refractivity contribution in [3.8, 4) is 17.2 Å². The zero-order chi connectivity index (χ0) is 20.6. The van der Waals surface area contributed by atoms with Crippen LogP contribution < -0.4 is 19.5 Å². The van der Waals surface area contributed by atoms with Gasteiger partial charge < -0.3 is 24.1 Å². The van der Waals surface area contributed by atoms with Crippen LogP contribution >= 0.6 is 11.8 Å². The van der Waals surface area contributed by atoms with Crippen molar-refractivity contribution in [1.82, 2.24) is 14.8 Å². The summed E-state index contributed by atoms with van der Waals surface area (Å²) in [5, 5.41) is 11.8. The number of nitrogens with one attached hydrogen (secondary N) is 1. The number of carbonyl (C=O) groups is 1. The van der Waals surface area contributed by atoms with Crippen molar-refractivity contribution in [3.05, 3.63) is 54.4 Å². The Morgan fingerprint density at radius 1 is 1.03 bits per heavy atom. The summed E-state index contributed by atoms with van der Waals surface area (Å²) in [6, 6.07) is 14.6. The monoisotopic (exact) mass is 414 g/mol. The van der Waals surface area contributed by atoms with Gasteiger partial charge in [-0.15, -0.1) is 10.2 Å². The third-order valence-electron chi connectivity index (χ3n) is 4.02. The highest BCUT2D eigenvalue weighted by atomic mass is 32.2. The maximum Gasteiger partial charge on any atom is 0.234 e. The molecule has 8 nitrogen and oxygen atoms in total. The second-order valence-corrected chi connectivity index (χ2v) is 6.94. The van der Waals surface area contributed by atoms with Crippen molar-refractivity contribution in [3.63, 3.8) is 0 Å². The summed E-state index contributed by atoms with van der Waals surface area (Å²) in [6.45, 7) is 0.257. The minimum absolute atomic E-state index is 0.138. The minimum atomic E-state index is -0.138. The Morgan fingerprint density at radius 2 is 1.72 bits per heavy atom. The fraction of sp³-hybridized carbons (Fsp3) is 0.250. The molecule has 3 rings (SSSR count). The number of carbonyl (C=O) groups excluding carboxylic acids is 1. The lowest BCUT2D eigenvalue weighted by molar-refractivity contribution is -0.113. The third kappa shape index (κ3) is 5.64. The van der Waals surface area contributed by atoms with E-state index in [0.29, 0.717) is 28.2 Å². The Balaban J connectivity index is 1.53. The van der Waals surface area contributed by atoms with Gasteiger partial charge in [0.05, 0.1) is 20.0 Å². The molecule has 0 saturated carbocycles. The molecule has 0 aliphatic heterocycles. The van der Waals surface area contributed by atoms with Crippen molar-refractivity contribution < 1.29 is 19.0 Å². The van der Waals surface area contributed by atoms with Crippen molar-refractivity contribution in [2.45, 2.75) is 11.8 Å². The highest BCUT2D eigenvalue weighted by Crippen LogP contribution is 2.21. The predicted molar refractivity (Wildman–Crippen MR) is 111 cm³/mol. The van der Waals surface area contributed by atoms with Gasteiger partial charge in [0, 0.05) is 24.9 Å². The van der Waals surface area contributed by atoms with Gasteiger partial charge in [0.15, 0.2) is 11.0 Å². The first-order chi connectivity index (χ1) is 14.1. The molecular weight excluding hydrogens is 392 g/mol. The molecule has 2 aromatic carbocycles. The van der Waals surface area contributed by atoms with Crippen molar-refractivity contribution in [2.24, 2.45) is 7.05 Å². The Hall–Kier alpha value is -3.20. The number of ether oxygens (including phenoxy) is 3. The summed E-state index contributed by atoms with van der Waals surface area (Å²) in [5.74, 6) is 2.81. The maximum absolute atomic E-state index is 12.2. The van der Waals surface area contributed by atoms with Gasteiger partial charge in [0.2, 0.25) is 5.91 Å². The van der Waals surface area contributed by atoms with Crippen molar-refractivity contribution in [1.29, 1.82) is 0 Å². The topological polar surface area (TPSA) is 87.5 Å². The molecule has 152 valence electrons. The van der Waals surface area contributed by atoms with Crippen LogP contribution in [-0.2, 0) is 18.4 Å². The first-order valence-corrected chi connectivity index (χ1v) is 9.79. The number of benzene rings is 2. The normalized spacial score (nSPS) is 10.4. The molecule has 1 aromatic heterocycles. The highest BCUT2D eigenvalue weighted by molar-refractivity contribution is 7.99. The standard InChI is InChI=1S/C20H22N4O4S/c1-24-18(12-28-17-9-5-8-16(11-17)27-3)22-23-20(24)29-13-19(25)21-14-6-4-7-15(10-14)26-2/h4-11H,12-13H2,1-3H3,(H,21,25). The molecule has 0 bridgehead atoms. The van der Waals surface area contributed by atoms with E-state index in [4.69, 9.17) is 14.2 Å². The lowest BCUT2D eigenvalue weighted by atomic mass is 10.3. The average molecular weight is 414 g/mol. The molecule has 1 heterocycles. The fourth-order valence-corrected chi connectivity index (χ4v) is 3.19. The molecule has 0 saturated heterocycles. The molecule has 29 heavy (non-hydrogen) atoms. The van der Waals surface area contributed by atoms with E-state index in [2.05, 4.69) is 15.5 Å². The number of amides is 1. The molecular formula is C20H22N4O4S. The Bertz CT molecular complexity index is 977. The SMILES string of the molecule is COc1cccc(NC(=O)CSc2nnc(COc3cccc(OC)c3)n2C)c1. The molecule has 9 heteroatoms. The van der Waals surface area contributed by atoms with Crippen LogP contribution in [0, 0.1) is 0 Å². The minimum Gasteiger partial charge on any atom is -0.497 e. The van der Waals surface area contributed by atoms with Gasteiger partial charge in [-0.1, -0.05) is 23.9 Å². The first-order valence-electron chi connectivity index (χ1n) is 8.81. The molecule has 0 atom stereocenters. The summed E-state index contributed by atoms with van der Waals surface area (Å²) in [6.07, 6.45) is 0.